The lowest BCUT2D eigenvalue weighted by molar-refractivity contribution is -0.140. The smallest absolute Gasteiger partial charge is 0.334 e. The molecular formula is C24H23Cl3N2O5S. The Bertz CT molecular complexity index is 1160. The van der Waals surface area contributed by atoms with Gasteiger partial charge in [0, 0.05) is 22.2 Å². The van der Waals surface area contributed by atoms with E-state index in [2.05, 4.69) is 11.6 Å². The number of aromatic nitrogens is 1. The Morgan fingerprint density at radius 2 is 1.89 bits per heavy atom. The lowest BCUT2D eigenvalue weighted by Crippen LogP contribution is -2.34. The van der Waals surface area contributed by atoms with E-state index >= 15 is 0 Å². The van der Waals surface area contributed by atoms with Gasteiger partial charge in [-0.3, -0.25) is 9.59 Å². The average Bonchev–Trinajstić information content (AvgIpc) is 3.13. The summed E-state index contributed by atoms with van der Waals surface area (Å²) in [5.74, 6) is -1.45. The van der Waals surface area contributed by atoms with Gasteiger partial charge in [-0.15, -0.1) is 11.3 Å². The molecule has 0 atom stereocenters. The van der Waals surface area contributed by atoms with E-state index < -0.39 is 17.8 Å². The summed E-state index contributed by atoms with van der Waals surface area (Å²) in [6.07, 6.45) is 5.25. The normalized spacial score (nSPS) is 13.4. The molecule has 0 bridgehead atoms. The standard InChI is InChI=1S/C24H23Cl3N2O5S/c1-3-10-34-24(32)16-7-5-4-6-15(16)23(31)29(13-14-8-9-18(25)28-12-14)21-20(26)17(35-22(21)27)11-19(30)33-2/h3,8-9,12H,1,4-7,10-11,13H2,2H3. The van der Waals surface area contributed by atoms with Crippen molar-refractivity contribution < 1.29 is 23.9 Å². The van der Waals surface area contributed by atoms with E-state index in [0.717, 1.165) is 24.2 Å². The molecule has 0 radical (unpaired) electrons. The van der Waals surface area contributed by atoms with Gasteiger partial charge in [-0.25, -0.2) is 9.78 Å². The number of nitrogens with zero attached hydrogens (tertiary/aromatic N) is 2. The van der Waals surface area contributed by atoms with Crippen LogP contribution < -0.4 is 4.90 Å². The van der Waals surface area contributed by atoms with Crippen LogP contribution in [0.3, 0.4) is 0 Å². The Kier molecular flexibility index (Phi) is 9.74. The van der Waals surface area contributed by atoms with Crippen molar-refractivity contribution >= 4 is 69.7 Å². The first kappa shape index (κ1) is 27.2. The third kappa shape index (κ3) is 6.64. The summed E-state index contributed by atoms with van der Waals surface area (Å²) >= 11 is 20.2. The molecule has 1 amide bonds. The number of ether oxygens (including phenoxy) is 2. The van der Waals surface area contributed by atoms with E-state index in [1.54, 1.807) is 18.3 Å². The molecule has 0 fully saturated rings. The quantitative estimate of drug-likeness (QED) is 0.215. The van der Waals surface area contributed by atoms with Crippen molar-refractivity contribution in [2.24, 2.45) is 0 Å². The Morgan fingerprint density at radius 3 is 2.51 bits per heavy atom. The number of esters is 2. The zero-order valence-corrected chi connectivity index (χ0v) is 22.0. The van der Waals surface area contributed by atoms with Crippen molar-refractivity contribution in [1.82, 2.24) is 4.98 Å². The predicted octanol–water partition coefficient (Wildman–Crippen LogP) is 5.95. The molecule has 0 N–H and O–H groups in total. The summed E-state index contributed by atoms with van der Waals surface area (Å²) in [6.45, 7) is 3.67. The van der Waals surface area contributed by atoms with Gasteiger partial charge in [-0.05, 0) is 37.3 Å². The Balaban J connectivity index is 2.08. The second kappa shape index (κ2) is 12.5. The van der Waals surface area contributed by atoms with Gasteiger partial charge in [0.25, 0.3) is 5.91 Å². The zero-order chi connectivity index (χ0) is 25.5. The van der Waals surface area contributed by atoms with Crippen LogP contribution in [0, 0.1) is 0 Å². The number of amides is 1. The van der Waals surface area contributed by atoms with Crippen LogP contribution in [0.25, 0.3) is 0 Å². The van der Waals surface area contributed by atoms with Crippen LogP contribution in [0.4, 0.5) is 5.69 Å². The topological polar surface area (TPSA) is 85.8 Å². The van der Waals surface area contributed by atoms with Gasteiger partial charge in [-0.2, -0.15) is 0 Å². The fourth-order valence-electron chi connectivity index (χ4n) is 3.65. The average molecular weight is 558 g/mol. The maximum atomic E-state index is 13.9. The Morgan fingerprint density at radius 1 is 1.17 bits per heavy atom. The first-order valence-electron chi connectivity index (χ1n) is 10.7. The Hall–Kier alpha value is -2.39. The highest BCUT2D eigenvalue weighted by molar-refractivity contribution is 7.17. The second-order valence-corrected chi connectivity index (χ2v) is 10.1. The van der Waals surface area contributed by atoms with Crippen LogP contribution in [0.2, 0.25) is 14.5 Å². The molecule has 0 saturated heterocycles. The maximum absolute atomic E-state index is 13.9. The molecule has 2 aromatic rings. The van der Waals surface area contributed by atoms with Crippen LogP contribution in [0.5, 0.6) is 0 Å². The molecule has 2 heterocycles. The molecule has 2 aromatic heterocycles. The second-order valence-electron chi connectivity index (χ2n) is 7.65. The van der Waals surface area contributed by atoms with Crippen molar-refractivity contribution in [3.63, 3.8) is 0 Å². The molecule has 7 nitrogen and oxygen atoms in total. The van der Waals surface area contributed by atoms with Gasteiger partial charge in [0.2, 0.25) is 0 Å². The molecule has 1 aliphatic rings. The number of halogens is 3. The number of rotatable bonds is 9. The molecule has 0 unspecified atom stereocenters. The van der Waals surface area contributed by atoms with E-state index in [0.29, 0.717) is 39.6 Å². The van der Waals surface area contributed by atoms with Gasteiger partial charge in [0.05, 0.1) is 30.8 Å². The summed E-state index contributed by atoms with van der Waals surface area (Å²) in [4.78, 5) is 44.4. The van der Waals surface area contributed by atoms with Gasteiger partial charge >= 0.3 is 11.9 Å². The molecule has 35 heavy (non-hydrogen) atoms. The van der Waals surface area contributed by atoms with Crippen LogP contribution in [-0.2, 0) is 36.8 Å². The number of anilines is 1. The van der Waals surface area contributed by atoms with Crippen LogP contribution >= 0.6 is 46.1 Å². The highest BCUT2D eigenvalue weighted by Gasteiger charge is 2.32. The van der Waals surface area contributed by atoms with Gasteiger partial charge in [0.15, 0.2) is 0 Å². The van der Waals surface area contributed by atoms with Crippen molar-refractivity contribution in [3.05, 3.63) is 67.1 Å². The summed E-state index contributed by atoms with van der Waals surface area (Å²) in [7, 11) is 1.28. The SMILES string of the molecule is C=CCOC(=O)C1=C(C(=O)N(Cc2ccc(Cl)nc2)c2c(Cl)sc(CC(=O)OC)c2Cl)CCCC1. The van der Waals surface area contributed by atoms with E-state index in [-0.39, 0.29) is 34.6 Å². The molecule has 3 rings (SSSR count). The largest absolute Gasteiger partial charge is 0.469 e. The lowest BCUT2D eigenvalue weighted by Gasteiger charge is -2.27. The molecule has 0 spiro atoms. The zero-order valence-electron chi connectivity index (χ0n) is 18.9. The summed E-state index contributed by atoms with van der Waals surface area (Å²) in [5, 5.41) is 0.480. The number of pyridine rings is 1. The molecule has 11 heteroatoms. The van der Waals surface area contributed by atoms with Gasteiger partial charge in [0.1, 0.15) is 16.1 Å². The summed E-state index contributed by atoms with van der Waals surface area (Å²) in [6, 6.07) is 3.34. The third-order valence-electron chi connectivity index (χ3n) is 5.33. The van der Waals surface area contributed by atoms with Crippen LogP contribution in [0.15, 0.2) is 42.1 Å². The monoisotopic (exact) mass is 556 g/mol. The maximum Gasteiger partial charge on any atom is 0.334 e. The van der Waals surface area contributed by atoms with Gasteiger partial charge in [-0.1, -0.05) is 53.5 Å². The summed E-state index contributed by atoms with van der Waals surface area (Å²) < 4.78 is 10.2. The first-order chi connectivity index (χ1) is 16.8. The van der Waals surface area contributed by atoms with E-state index in [1.807, 2.05) is 0 Å². The molecule has 0 aromatic carbocycles. The number of carbonyl (C=O) groups is 3. The fourth-order valence-corrected chi connectivity index (χ4v) is 5.62. The minimum Gasteiger partial charge on any atom is -0.469 e. The van der Waals surface area contributed by atoms with E-state index in [9.17, 15) is 14.4 Å². The number of hydrogen-bond acceptors (Lipinski definition) is 7. The van der Waals surface area contributed by atoms with Crippen molar-refractivity contribution in [2.45, 2.75) is 38.6 Å². The molecular weight excluding hydrogens is 535 g/mol. The van der Waals surface area contributed by atoms with Crippen molar-refractivity contribution in [2.75, 3.05) is 18.6 Å². The number of methoxy groups -OCH3 is 1. The van der Waals surface area contributed by atoms with E-state index in [1.165, 1.54) is 18.1 Å². The van der Waals surface area contributed by atoms with Gasteiger partial charge < -0.3 is 14.4 Å². The number of thiophene rings is 1. The number of hydrogen-bond donors (Lipinski definition) is 0. The minimum absolute atomic E-state index is 0.0447. The fraction of sp³-hybridized carbons (Fsp3) is 0.333. The first-order valence-corrected chi connectivity index (χ1v) is 12.7. The van der Waals surface area contributed by atoms with Crippen molar-refractivity contribution in [3.8, 4) is 0 Å². The third-order valence-corrected chi connectivity index (χ3v) is 7.45. The van der Waals surface area contributed by atoms with Crippen LogP contribution in [0.1, 0.15) is 36.1 Å². The molecule has 186 valence electrons. The molecule has 0 saturated carbocycles. The summed E-state index contributed by atoms with van der Waals surface area (Å²) in [5.41, 5.74) is 1.61. The lowest BCUT2D eigenvalue weighted by atomic mass is 9.90. The highest BCUT2D eigenvalue weighted by Crippen LogP contribution is 2.45. The van der Waals surface area contributed by atoms with E-state index in [4.69, 9.17) is 44.3 Å². The predicted molar refractivity (Wildman–Crippen MR) is 137 cm³/mol. The Labute approximate surface area is 222 Å². The molecule has 1 aliphatic carbocycles. The van der Waals surface area contributed by atoms with Crippen LogP contribution in [-0.4, -0.2) is 36.5 Å². The van der Waals surface area contributed by atoms with Crippen molar-refractivity contribution in [1.29, 1.82) is 0 Å². The molecule has 0 aliphatic heterocycles. The highest BCUT2D eigenvalue weighted by atomic mass is 35.5. The minimum atomic E-state index is -0.546. The number of carbonyl (C=O) groups excluding carboxylic acids is 3.